The number of hydrogen-bond acceptors (Lipinski definition) is 1. The number of nitrogens with zero attached hydrogens (tertiary/aromatic N) is 1. The smallest absolute Gasteiger partial charge is 0.227 e. The average Bonchev–Trinajstić information content (AvgIpc) is 2.24. The molecular weight excluding hydrogens is 210 g/mol. The van der Waals surface area contributed by atoms with Crippen molar-refractivity contribution in [1.29, 1.82) is 0 Å². The zero-order chi connectivity index (χ0) is 9.54. The molecule has 0 N–H and O–H groups in total. The molecule has 3 rings (SSSR count). The maximum Gasteiger partial charge on any atom is 0.227 e. The second-order valence-corrected chi connectivity index (χ2v) is 4.07. The van der Waals surface area contributed by atoms with Gasteiger partial charge < -0.3 is 4.90 Å². The maximum absolute atomic E-state index is 11.7. The summed E-state index contributed by atoms with van der Waals surface area (Å²) in [5.41, 5.74) is 3.96. The molecule has 2 aliphatic rings. The van der Waals surface area contributed by atoms with Gasteiger partial charge in [-0.25, -0.2) is 0 Å². The van der Waals surface area contributed by atoms with E-state index < -0.39 is 0 Å². The Morgan fingerprint density at radius 1 is 1.07 bits per heavy atom. The lowest BCUT2D eigenvalue weighted by Gasteiger charge is -2.34. The zero-order valence-electron chi connectivity index (χ0n) is 8.53. The van der Waals surface area contributed by atoms with E-state index >= 15 is 0 Å². The third-order valence-electron chi connectivity index (χ3n) is 3.21. The van der Waals surface area contributed by atoms with Gasteiger partial charge in [0.2, 0.25) is 5.91 Å². The first-order valence-corrected chi connectivity index (χ1v) is 5.27. The standard InChI is InChI=1S/C12H13NO.ClH/c14-11-7-6-10-4-1-3-9-5-2-8-13(11)12(9)10;/h1,3-4H,2,5-8H2;1H. The van der Waals surface area contributed by atoms with Gasteiger partial charge in [0.15, 0.2) is 0 Å². The van der Waals surface area contributed by atoms with E-state index in [0.29, 0.717) is 12.3 Å². The minimum atomic E-state index is 0. The summed E-state index contributed by atoms with van der Waals surface area (Å²) in [4.78, 5) is 13.7. The number of para-hydroxylation sites is 1. The molecule has 2 nitrogen and oxygen atoms in total. The Balaban J connectivity index is 0.000000853. The minimum absolute atomic E-state index is 0. The SMILES string of the molecule is Cl.O=C1CCc2cccc3c2N1CCC3. The number of halogens is 1. The van der Waals surface area contributed by atoms with Gasteiger partial charge in [0.1, 0.15) is 0 Å². The number of aryl methyl sites for hydroxylation is 2. The van der Waals surface area contributed by atoms with E-state index in [1.807, 2.05) is 4.90 Å². The van der Waals surface area contributed by atoms with E-state index in [0.717, 1.165) is 25.8 Å². The minimum Gasteiger partial charge on any atom is -0.312 e. The topological polar surface area (TPSA) is 20.3 Å². The van der Waals surface area contributed by atoms with Crippen molar-refractivity contribution in [2.75, 3.05) is 11.4 Å². The molecule has 3 heteroatoms. The van der Waals surface area contributed by atoms with Gasteiger partial charge in [-0.2, -0.15) is 0 Å². The molecule has 0 radical (unpaired) electrons. The van der Waals surface area contributed by atoms with E-state index in [-0.39, 0.29) is 12.4 Å². The lowest BCUT2D eigenvalue weighted by atomic mass is 9.92. The van der Waals surface area contributed by atoms with Crippen LogP contribution in [-0.2, 0) is 17.6 Å². The Morgan fingerprint density at radius 3 is 2.60 bits per heavy atom. The summed E-state index contributed by atoms with van der Waals surface area (Å²) >= 11 is 0. The molecule has 80 valence electrons. The summed E-state index contributed by atoms with van der Waals surface area (Å²) in [6, 6.07) is 6.43. The van der Waals surface area contributed by atoms with Crippen molar-refractivity contribution in [3.05, 3.63) is 29.3 Å². The van der Waals surface area contributed by atoms with Crippen LogP contribution in [0, 0.1) is 0 Å². The second kappa shape index (κ2) is 3.86. The highest BCUT2D eigenvalue weighted by molar-refractivity contribution is 5.97. The molecule has 1 aromatic carbocycles. The van der Waals surface area contributed by atoms with E-state index in [2.05, 4.69) is 18.2 Å². The first-order chi connectivity index (χ1) is 6.86. The number of amides is 1. The highest BCUT2D eigenvalue weighted by atomic mass is 35.5. The summed E-state index contributed by atoms with van der Waals surface area (Å²) in [6.45, 7) is 0.919. The number of rotatable bonds is 0. The van der Waals surface area contributed by atoms with Crippen LogP contribution in [0.2, 0.25) is 0 Å². The van der Waals surface area contributed by atoms with Crippen molar-refractivity contribution in [2.45, 2.75) is 25.7 Å². The molecule has 0 saturated heterocycles. The van der Waals surface area contributed by atoms with Crippen molar-refractivity contribution in [2.24, 2.45) is 0 Å². The van der Waals surface area contributed by atoms with E-state index in [4.69, 9.17) is 0 Å². The number of carbonyl (C=O) groups excluding carboxylic acids is 1. The maximum atomic E-state index is 11.7. The number of benzene rings is 1. The van der Waals surface area contributed by atoms with Crippen LogP contribution >= 0.6 is 12.4 Å². The normalized spacial score (nSPS) is 18.1. The molecule has 0 atom stereocenters. The summed E-state index contributed by atoms with van der Waals surface area (Å²) in [7, 11) is 0. The molecule has 0 fully saturated rings. The van der Waals surface area contributed by atoms with Crippen LogP contribution < -0.4 is 4.90 Å². The second-order valence-electron chi connectivity index (χ2n) is 4.07. The van der Waals surface area contributed by atoms with Crippen molar-refractivity contribution in [3.8, 4) is 0 Å². The first-order valence-electron chi connectivity index (χ1n) is 5.27. The third-order valence-corrected chi connectivity index (χ3v) is 3.21. The van der Waals surface area contributed by atoms with Crippen LogP contribution in [0.1, 0.15) is 24.0 Å². The Labute approximate surface area is 95.7 Å². The van der Waals surface area contributed by atoms with Gasteiger partial charge in [-0.3, -0.25) is 4.79 Å². The molecule has 2 heterocycles. The quantitative estimate of drug-likeness (QED) is 0.661. The highest BCUT2D eigenvalue weighted by Crippen LogP contribution is 2.35. The third kappa shape index (κ3) is 1.53. The van der Waals surface area contributed by atoms with Gasteiger partial charge in [-0.1, -0.05) is 18.2 Å². The average molecular weight is 224 g/mol. The predicted molar refractivity (Wildman–Crippen MR) is 62.7 cm³/mol. The first kappa shape index (κ1) is 10.5. The Morgan fingerprint density at radius 2 is 1.80 bits per heavy atom. The largest absolute Gasteiger partial charge is 0.312 e. The molecule has 0 bridgehead atoms. The van der Waals surface area contributed by atoms with Crippen molar-refractivity contribution < 1.29 is 4.79 Å². The Kier molecular flexibility index (Phi) is 2.70. The number of carbonyl (C=O) groups is 1. The Bertz CT molecular complexity index is 388. The van der Waals surface area contributed by atoms with Gasteiger partial charge in [0.25, 0.3) is 0 Å². The molecule has 15 heavy (non-hydrogen) atoms. The monoisotopic (exact) mass is 223 g/mol. The van der Waals surface area contributed by atoms with Gasteiger partial charge in [-0.15, -0.1) is 12.4 Å². The summed E-state index contributed by atoms with van der Waals surface area (Å²) < 4.78 is 0. The fraction of sp³-hybridized carbons (Fsp3) is 0.417. The summed E-state index contributed by atoms with van der Waals surface area (Å²) in [6.07, 6.45) is 3.87. The molecular formula is C12H14ClNO. The molecule has 0 saturated carbocycles. The van der Waals surface area contributed by atoms with Crippen LogP contribution in [0.4, 0.5) is 5.69 Å². The predicted octanol–water partition coefficient (Wildman–Crippen LogP) is 2.33. The lowest BCUT2D eigenvalue weighted by molar-refractivity contribution is -0.119. The van der Waals surface area contributed by atoms with Crippen LogP contribution in [-0.4, -0.2) is 12.5 Å². The number of anilines is 1. The molecule has 1 amide bonds. The molecule has 0 unspecified atom stereocenters. The van der Waals surface area contributed by atoms with Crippen molar-refractivity contribution in [1.82, 2.24) is 0 Å². The van der Waals surface area contributed by atoms with Crippen LogP contribution in [0.3, 0.4) is 0 Å². The molecule has 0 aromatic heterocycles. The van der Waals surface area contributed by atoms with Gasteiger partial charge in [-0.05, 0) is 30.4 Å². The zero-order valence-corrected chi connectivity index (χ0v) is 9.35. The van der Waals surface area contributed by atoms with E-state index in [1.54, 1.807) is 0 Å². The van der Waals surface area contributed by atoms with Crippen LogP contribution in [0.25, 0.3) is 0 Å². The van der Waals surface area contributed by atoms with E-state index in [9.17, 15) is 4.79 Å². The van der Waals surface area contributed by atoms with E-state index in [1.165, 1.54) is 16.8 Å². The molecule has 0 aliphatic carbocycles. The fourth-order valence-corrected chi connectivity index (χ4v) is 2.56. The summed E-state index contributed by atoms with van der Waals surface area (Å²) in [5.74, 6) is 0.310. The van der Waals surface area contributed by atoms with Gasteiger partial charge in [0, 0.05) is 18.7 Å². The highest BCUT2D eigenvalue weighted by Gasteiger charge is 2.28. The number of hydrogen-bond donors (Lipinski definition) is 0. The Hall–Kier alpha value is -1.02. The van der Waals surface area contributed by atoms with Gasteiger partial charge in [0.05, 0.1) is 0 Å². The van der Waals surface area contributed by atoms with Gasteiger partial charge >= 0.3 is 0 Å². The summed E-state index contributed by atoms with van der Waals surface area (Å²) in [5, 5.41) is 0. The van der Waals surface area contributed by atoms with Crippen LogP contribution in [0.15, 0.2) is 18.2 Å². The fourth-order valence-electron chi connectivity index (χ4n) is 2.56. The van der Waals surface area contributed by atoms with Crippen LogP contribution in [0.5, 0.6) is 0 Å². The lowest BCUT2D eigenvalue weighted by Crippen LogP contribution is -2.39. The molecule has 2 aliphatic heterocycles. The van der Waals surface area contributed by atoms with Crippen molar-refractivity contribution in [3.63, 3.8) is 0 Å². The van der Waals surface area contributed by atoms with Crippen molar-refractivity contribution >= 4 is 24.0 Å². The molecule has 0 spiro atoms. The molecule has 1 aromatic rings.